The Kier molecular flexibility index (Phi) is 7.02. The summed E-state index contributed by atoms with van der Waals surface area (Å²) >= 11 is 0. The smallest absolute Gasteiger partial charge is 0.406 e. The third kappa shape index (κ3) is 8.19. The molecule has 0 aliphatic heterocycles. The zero-order chi connectivity index (χ0) is 20.1. The highest BCUT2D eigenvalue weighted by atomic mass is 19.4. The third-order valence-corrected chi connectivity index (χ3v) is 3.30. The maximum Gasteiger partial charge on any atom is 0.573 e. The molecule has 1 aromatic carbocycles. The Hall–Kier alpha value is -2.29. The fraction of sp³-hybridized carbons (Fsp3) is 0.529. The van der Waals surface area contributed by atoms with Crippen molar-refractivity contribution in [2.24, 2.45) is 0 Å². The average Bonchev–Trinajstić information content (AvgIpc) is 2.44. The largest absolute Gasteiger partial charge is 0.573 e. The first-order valence-electron chi connectivity index (χ1n) is 7.95. The molecule has 6 nitrogen and oxygen atoms in total. The van der Waals surface area contributed by atoms with E-state index in [1.54, 1.807) is 18.9 Å². The molecule has 0 aliphatic carbocycles. The minimum Gasteiger partial charge on any atom is -0.406 e. The maximum atomic E-state index is 12.2. The SMILES string of the molecule is C[C@H](C(=O)Nc1ccc(OC(F)(F)F)cc1)N(C)CC(=O)NC(C)(C)C. The summed E-state index contributed by atoms with van der Waals surface area (Å²) < 4.78 is 40.1. The van der Waals surface area contributed by atoms with Crippen molar-refractivity contribution in [3.05, 3.63) is 24.3 Å². The van der Waals surface area contributed by atoms with Gasteiger partial charge in [0.25, 0.3) is 0 Å². The van der Waals surface area contributed by atoms with Crippen LogP contribution in [-0.4, -0.2) is 48.2 Å². The summed E-state index contributed by atoms with van der Waals surface area (Å²) in [6.45, 7) is 7.22. The summed E-state index contributed by atoms with van der Waals surface area (Å²) in [5.41, 5.74) is -0.0483. The van der Waals surface area contributed by atoms with Crippen molar-refractivity contribution in [3.63, 3.8) is 0 Å². The molecule has 0 fully saturated rings. The van der Waals surface area contributed by atoms with E-state index in [4.69, 9.17) is 0 Å². The number of hydrogen-bond donors (Lipinski definition) is 2. The average molecular weight is 375 g/mol. The van der Waals surface area contributed by atoms with Crippen LogP contribution in [0.3, 0.4) is 0 Å². The number of carbonyl (C=O) groups is 2. The van der Waals surface area contributed by atoms with Crippen LogP contribution < -0.4 is 15.4 Å². The standard InChI is InChI=1S/C17H24F3N3O3/c1-11(23(5)10-14(24)22-16(2,3)4)15(25)21-12-6-8-13(9-7-12)26-17(18,19)20/h6-9,11H,10H2,1-5H3,(H,21,25)(H,22,24)/t11-/m1/s1. The van der Waals surface area contributed by atoms with E-state index in [0.29, 0.717) is 5.69 Å². The number of benzene rings is 1. The van der Waals surface area contributed by atoms with Gasteiger partial charge in [0.2, 0.25) is 11.8 Å². The fourth-order valence-corrected chi connectivity index (χ4v) is 2.01. The summed E-state index contributed by atoms with van der Waals surface area (Å²) in [5, 5.41) is 5.39. The molecule has 0 saturated carbocycles. The van der Waals surface area contributed by atoms with Crippen molar-refractivity contribution in [1.82, 2.24) is 10.2 Å². The molecule has 0 aromatic heterocycles. The Bertz CT molecular complexity index is 625. The van der Waals surface area contributed by atoms with Crippen LogP contribution in [0.4, 0.5) is 18.9 Å². The number of alkyl halides is 3. The number of rotatable bonds is 6. The van der Waals surface area contributed by atoms with E-state index in [1.807, 2.05) is 20.8 Å². The molecule has 2 amide bonds. The lowest BCUT2D eigenvalue weighted by Crippen LogP contribution is -2.49. The van der Waals surface area contributed by atoms with Gasteiger partial charge in [0.1, 0.15) is 5.75 Å². The zero-order valence-electron chi connectivity index (χ0n) is 15.4. The molecule has 0 spiro atoms. The first kappa shape index (κ1) is 21.8. The normalized spacial score (nSPS) is 13.3. The van der Waals surface area contributed by atoms with Crippen LogP contribution in [-0.2, 0) is 9.59 Å². The Balaban J connectivity index is 2.59. The number of halogens is 3. The van der Waals surface area contributed by atoms with E-state index >= 15 is 0 Å². The highest BCUT2D eigenvalue weighted by Gasteiger charge is 2.31. The second-order valence-corrected chi connectivity index (χ2v) is 6.95. The molecule has 0 bridgehead atoms. The molecular weight excluding hydrogens is 351 g/mol. The second-order valence-electron chi connectivity index (χ2n) is 6.95. The van der Waals surface area contributed by atoms with Crippen LogP contribution in [0.25, 0.3) is 0 Å². The van der Waals surface area contributed by atoms with Gasteiger partial charge in [0.15, 0.2) is 0 Å². The maximum absolute atomic E-state index is 12.2. The van der Waals surface area contributed by atoms with Crippen LogP contribution in [0, 0.1) is 0 Å². The Morgan fingerprint density at radius 3 is 2.15 bits per heavy atom. The summed E-state index contributed by atoms with van der Waals surface area (Å²) in [6, 6.07) is 4.20. The first-order chi connectivity index (χ1) is 11.8. The molecule has 2 N–H and O–H groups in total. The Morgan fingerprint density at radius 1 is 1.15 bits per heavy atom. The van der Waals surface area contributed by atoms with Crippen LogP contribution in [0.2, 0.25) is 0 Å². The van der Waals surface area contributed by atoms with Gasteiger partial charge >= 0.3 is 6.36 Å². The quantitative estimate of drug-likeness (QED) is 0.802. The second kappa shape index (κ2) is 8.39. The van der Waals surface area contributed by atoms with Gasteiger partial charge in [0.05, 0.1) is 12.6 Å². The van der Waals surface area contributed by atoms with Crippen molar-refractivity contribution in [1.29, 1.82) is 0 Å². The minimum absolute atomic E-state index is 0.0320. The van der Waals surface area contributed by atoms with Crippen molar-refractivity contribution < 1.29 is 27.5 Å². The highest BCUT2D eigenvalue weighted by Crippen LogP contribution is 2.24. The van der Waals surface area contributed by atoms with Crippen LogP contribution >= 0.6 is 0 Å². The molecule has 0 radical (unpaired) electrons. The molecule has 26 heavy (non-hydrogen) atoms. The van der Waals surface area contributed by atoms with E-state index in [-0.39, 0.29) is 29.6 Å². The molecule has 1 rings (SSSR count). The monoisotopic (exact) mass is 375 g/mol. The van der Waals surface area contributed by atoms with Crippen LogP contribution in [0.5, 0.6) is 5.75 Å². The van der Waals surface area contributed by atoms with E-state index < -0.39 is 12.4 Å². The van der Waals surface area contributed by atoms with Gasteiger partial charge in [0, 0.05) is 11.2 Å². The third-order valence-electron chi connectivity index (χ3n) is 3.30. The number of ether oxygens (including phenoxy) is 1. The van der Waals surface area contributed by atoms with Gasteiger partial charge in [-0.2, -0.15) is 0 Å². The molecule has 0 aliphatic rings. The number of amides is 2. The Labute approximate surface area is 150 Å². The van der Waals surface area contributed by atoms with Crippen molar-refractivity contribution >= 4 is 17.5 Å². The molecule has 0 unspecified atom stereocenters. The van der Waals surface area contributed by atoms with E-state index in [0.717, 1.165) is 12.1 Å². The molecule has 146 valence electrons. The van der Waals surface area contributed by atoms with Gasteiger partial charge in [-0.1, -0.05) is 0 Å². The lowest BCUT2D eigenvalue weighted by Gasteiger charge is -2.26. The van der Waals surface area contributed by atoms with E-state index in [9.17, 15) is 22.8 Å². The fourth-order valence-electron chi connectivity index (χ4n) is 2.01. The zero-order valence-corrected chi connectivity index (χ0v) is 15.4. The van der Waals surface area contributed by atoms with Crippen molar-refractivity contribution in [2.45, 2.75) is 45.6 Å². The van der Waals surface area contributed by atoms with Gasteiger partial charge in [-0.05, 0) is 59.0 Å². The number of anilines is 1. The van der Waals surface area contributed by atoms with Gasteiger partial charge in [-0.15, -0.1) is 13.2 Å². The molecule has 0 saturated heterocycles. The summed E-state index contributed by atoms with van der Waals surface area (Å²) in [6.07, 6.45) is -4.77. The lowest BCUT2D eigenvalue weighted by molar-refractivity contribution is -0.274. The number of likely N-dealkylation sites (N-methyl/N-ethyl adjacent to an activating group) is 1. The van der Waals surface area contributed by atoms with Crippen LogP contribution in [0.15, 0.2) is 24.3 Å². The summed E-state index contributed by atoms with van der Waals surface area (Å²) in [5.74, 6) is -0.978. The summed E-state index contributed by atoms with van der Waals surface area (Å²) in [7, 11) is 1.63. The number of nitrogens with one attached hydrogen (secondary N) is 2. The van der Waals surface area contributed by atoms with Crippen molar-refractivity contribution in [2.75, 3.05) is 18.9 Å². The molecular formula is C17H24F3N3O3. The molecule has 9 heteroatoms. The predicted octanol–water partition coefficient (Wildman–Crippen LogP) is 2.76. The molecule has 0 heterocycles. The summed E-state index contributed by atoms with van der Waals surface area (Å²) in [4.78, 5) is 25.7. The number of hydrogen-bond acceptors (Lipinski definition) is 4. The minimum atomic E-state index is -4.77. The molecule has 1 atom stereocenters. The van der Waals surface area contributed by atoms with E-state index in [1.165, 1.54) is 12.1 Å². The van der Waals surface area contributed by atoms with Crippen molar-refractivity contribution in [3.8, 4) is 5.75 Å². The highest BCUT2D eigenvalue weighted by molar-refractivity contribution is 5.95. The topological polar surface area (TPSA) is 70.7 Å². The number of nitrogens with zero attached hydrogens (tertiary/aromatic N) is 1. The van der Waals surface area contributed by atoms with Gasteiger partial charge in [-0.3, -0.25) is 14.5 Å². The van der Waals surface area contributed by atoms with Gasteiger partial charge in [-0.25, -0.2) is 0 Å². The predicted molar refractivity (Wildman–Crippen MR) is 91.7 cm³/mol. The number of carbonyl (C=O) groups excluding carboxylic acids is 2. The lowest BCUT2D eigenvalue weighted by atomic mass is 10.1. The van der Waals surface area contributed by atoms with Gasteiger partial charge < -0.3 is 15.4 Å². The molecule has 1 aromatic rings. The van der Waals surface area contributed by atoms with E-state index in [2.05, 4.69) is 15.4 Å². The van der Waals surface area contributed by atoms with Crippen LogP contribution in [0.1, 0.15) is 27.7 Å². The first-order valence-corrected chi connectivity index (χ1v) is 7.95. The Morgan fingerprint density at radius 2 is 1.69 bits per heavy atom.